The second-order valence-corrected chi connectivity index (χ2v) is 5.74. The first-order chi connectivity index (χ1) is 10.2. The molecule has 1 aromatic carbocycles. The monoisotopic (exact) mass is 291 g/mol. The van der Waals surface area contributed by atoms with Gasteiger partial charge in [0.25, 0.3) is 0 Å². The van der Waals surface area contributed by atoms with Gasteiger partial charge >= 0.3 is 0 Å². The molecule has 0 saturated carbocycles. The van der Waals surface area contributed by atoms with Gasteiger partial charge < -0.3 is 15.2 Å². The average Bonchev–Trinajstić information content (AvgIpc) is 2.51. The number of aryl methyl sites for hydroxylation is 2. The van der Waals surface area contributed by atoms with Gasteiger partial charge in [0.05, 0.1) is 13.2 Å². The first-order valence-corrected chi connectivity index (χ1v) is 7.84. The van der Waals surface area contributed by atoms with Gasteiger partial charge in [0, 0.05) is 12.5 Å². The van der Waals surface area contributed by atoms with Crippen molar-refractivity contribution in [3.05, 3.63) is 29.3 Å². The van der Waals surface area contributed by atoms with Crippen molar-refractivity contribution in [3.63, 3.8) is 0 Å². The molecule has 1 atom stereocenters. The number of carbonyl (C=O) groups is 1. The van der Waals surface area contributed by atoms with Crippen LogP contribution in [-0.2, 0) is 17.6 Å². The molecule has 1 aliphatic rings. The molecule has 21 heavy (non-hydrogen) atoms. The molecule has 0 aliphatic heterocycles. The van der Waals surface area contributed by atoms with Gasteiger partial charge in [-0.25, -0.2) is 0 Å². The van der Waals surface area contributed by atoms with Gasteiger partial charge in [-0.1, -0.05) is 6.07 Å². The van der Waals surface area contributed by atoms with Gasteiger partial charge in [0.15, 0.2) is 0 Å². The summed E-state index contributed by atoms with van der Waals surface area (Å²) in [6, 6.07) is 6.15. The van der Waals surface area contributed by atoms with Crippen LogP contribution in [0, 0.1) is 0 Å². The number of carbonyl (C=O) groups excluding carboxylic acids is 1. The first-order valence-electron chi connectivity index (χ1n) is 7.84. The molecule has 0 saturated heterocycles. The zero-order chi connectivity index (χ0) is 15.1. The first kappa shape index (κ1) is 15.8. The van der Waals surface area contributed by atoms with E-state index >= 15 is 0 Å². The van der Waals surface area contributed by atoms with Crippen LogP contribution >= 0.6 is 0 Å². The maximum Gasteiger partial charge on any atom is 0.220 e. The Morgan fingerprint density at radius 1 is 1.33 bits per heavy atom. The van der Waals surface area contributed by atoms with Crippen molar-refractivity contribution in [2.75, 3.05) is 13.2 Å². The number of benzene rings is 1. The van der Waals surface area contributed by atoms with Crippen LogP contribution < -0.4 is 10.1 Å². The maximum atomic E-state index is 11.5. The van der Waals surface area contributed by atoms with Crippen LogP contribution in [0.1, 0.15) is 43.7 Å². The van der Waals surface area contributed by atoms with Crippen LogP contribution in [-0.4, -0.2) is 30.3 Å². The molecule has 0 radical (unpaired) electrons. The van der Waals surface area contributed by atoms with Crippen LogP contribution in [0.5, 0.6) is 5.75 Å². The molecule has 2 N–H and O–H groups in total. The predicted molar refractivity (Wildman–Crippen MR) is 82.5 cm³/mol. The number of aliphatic hydroxyl groups excluding tert-OH is 1. The Morgan fingerprint density at radius 3 is 2.86 bits per heavy atom. The Hall–Kier alpha value is -1.55. The van der Waals surface area contributed by atoms with Crippen LogP contribution in [0.25, 0.3) is 0 Å². The number of rotatable bonds is 7. The largest absolute Gasteiger partial charge is 0.494 e. The zero-order valence-electron chi connectivity index (χ0n) is 12.7. The van der Waals surface area contributed by atoms with Gasteiger partial charge in [-0.15, -0.1) is 0 Å². The molecule has 4 nitrogen and oxygen atoms in total. The maximum absolute atomic E-state index is 11.5. The number of hydrogen-bond donors (Lipinski definition) is 2. The Kier molecular flexibility index (Phi) is 6.05. The smallest absolute Gasteiger partial charge is 0.220 e. The van der Waals surface area contributed by atoms with Crippen LogP contribution in [0.3, 0.4) is 0 Å². The lowest BCUT2D eigenvalue weighted by Gasteiger charge is -2.17. The molecule has 0 spiro atoms. The van der Waals surface area contributed by atoms with E-state index in [-0.39, 0.29) is 18.6 Å². The molecule has 0 aromatic heterocycles. The summed E-state index contributed by atoms with van der Waals surface area (Å²) >= 11 is 0. The van der Waals surface area contributed by atoms with Gasteiger partial charge in [0.2, 0.25) is 5.91 Å². The third kappa shape index (κ3) is 5.05. The molecule has 4 heteroatoms. The van der Waals surface area contributed by atoms with Crippen molar-refractivity contribution in [2.24, 2.45) is 0 Å². The Bertz CT molecular complexity index is 473. The SMILES string of the molecule is CC(CO)NC(=O)CCCOc1ccc2c(c1)CCCC2. The lowest BCUT2D eigenvalue weighted by molar-refractivity contribution is -0.122. The van der Waals surface area contributed by atoms with Crippen LogP contribution in [0.4, 0.5) is 0 Å². The highest BCUT2D eigenvalue weighted by Gasteiger charge is 2.10. The van der Waals surface area contributed by atoms with Crippen molar-refractivity contribution >= 4 is 5.91 Å². The summed E-state index contributed by atoms with van der Waals surface area (Å²) in [4.78, 5) is 11.5. The fourth-order valence-corrected chi connectivity index (χ4v) is 2.61. The van der Waals surface area contributed by atoms with E-state index in [1.165, 1.54) is 30.4 Å². The molecule has 1 aromatic rings. The number of amides is 1. The fourth-order valence-electron chi connectivity index (χ4n) is 2.61. The molecular weight excluding hydrogens is 266 g/mol. The highest BCUT2D eigenvalue weighted by molar-refractivity contribution is 5.76. The van der Waals surface area contributed by atoms with E-state index in [4.69, 9.17) is 9.84 Å². The summed E-state index contributed by atoms with van der Waals surface area (Å²) in [5.74, 6) is 0.866. The zero-order valence-corrected chi connectivity index (χ0v) is 12.7. The van der Waals surface area contributed by atoms with Crippen molar-refractivity contribution in [3.8, 4) is 5.75 Å². The summed E-state index contributed by atoms with van der Waals surface area (Å²) in [6.07, 6.45) is 5.98. The van der Waals surface area contributed by atoms with Crippen LogP contribution in [0.2, 0.25) is 0 Å². The number of ether oxygens (including phenoxy) is 1. The molecule has 116 valence electrons. The number of hydrogen-bond acceptors (Lipinski definition) is 3. The molecule has 0 heterocycles. The van der Waals surface area contributed by atoms with Gasteiger partial charge in [-0.05, 0) is 62.3 Å². The Morgan fingerprint density at radius 2 is 2.10 bits per heavy atom. The number of fused-ring (bicyclic) bond motifs is 1. The van der Waals surface area contributed by atoms with E-state index in [9.17, 15) is 4.79 Å². The molecule has 0 bridgehead atoms. The topological polar surface area (TPSA) is 58.6 Å². The standard InChI is InChI=1S/C17H25NO3/c1-13(12-19)18-17(20)7-4-10-21-16-9-8-14-5-2-3-6-15(14)11-16/h8-9,11,13,19H,2-7,10,12H2,1H3,(H,18,20). The second-order valence-electron chi connectivity index (χ2n) is 5.74. The highest BCUT2D eigenvalue weighted by atomic mass is 16.5. The Balaban J connectivity index is 1.70. The van der Waals surface area contributed by atoms with Crippen molar-refractivity contribution in [2.45, 2.75) is 51.5 Å². The number of nitrogens with one attached hydrogen (secondary N) is 1. The minimum atomic E-state index is -0.181. The molecule has 1 unspecified atom stereocenters. The molecule has 1 aliphatic carbocycles. The molecule has 2 rings (SSSR count). The third-order valence-corrected chi connectivity index (χ3v) is 3.82. The normalized spacial score (nSPS) is 15.1. The van der Waals surface area contributed by atoms with E-state index in [1.807, 2.05) is 6.07 Å². The summed E-state index contributed by atoms with van der Waals surface area (Å²) in [5.41, 5.74) is 2.86. The summed E-state index contributed by atoms with van der Waals surface area (Å²) in [7, 11) is 0. The van der Waals surface area contributed by atoms with Gasteiger partial charge in [0.1, 0.15) is 5.75 Å². The van der Waals surface area contributed by atoms with Crippen LogP contribution in [0.15, 0.2) is 18.2 Å². The average molecular weight is 291 g/mol. The molecule has 1 amide bonds. The van der Waals surface area contributed by atoms with E-state index < -0.39 is 0 Å². The van der Waals surface area contributed by atoms with Crippen molar-refractivity contribution < 1.29 is 14.6 Å². The summed E-state index contributed by atoms with van der Waals surface area (Å²) in [5, 5.41) is 11.6. The van der Waals surface area contributed by atoms with E-state index in [0.29, 0.717) is 19.4 Å². The summed E-state index contributed by atoms with van der Waals surface area (Å²) in [6.45, 7) is 2.29. The fraction of sp³-hybridized carbons (Fsp3) is 0.588. The van der Waals surface area contributed by atoms with E-state index in [1.54, 1.807) is 6.92 Å². The minimum absolute atomic E-state index is 0.0304. The highest BCUT2D eigenvalue weighted by Crippen LogP contribution is 2.25. The quantitative estimate of drug-likeness (QED) is 0.757. The molecular formula is C17H25NO3. The van der Waals surface area contributed by atoms with Crippen molar-refractivity contribution in [1.29, 1.82) is 0 Å². The Labute approximate surface area is 126 Å². The minimum Gasteiger partial charge on any atom is -0.494 e. The lowest BCUT2D eigenvalue weighted by Crippen LogP contribution is -2.34. The predicted octanol–water partition coefficient (Wildman–Crippen LogP) is 2.22. The second kappa shape index (κ2) is 8.03. The summed E-state index contributed by atoms with van der Waals surface area (Å²) < 4.78 is 5.72. The van der Waals surface area contributed by atoms with Gasteiger partial charge in [-0.2, -0.15) is 0 Å². The lowest BCUT2D eigenvalue weighted by atomic mass is 9.92. The number of aliphatic hydroxyl groups is 1. The van der Waals surface area contributed by atoms with E-state index in [2.05, 4.69) is 17.4 Å². The van der Waals surface area contributed by atoms with E-state index in [0.717, 1.165) is 12.2 Å². The van der Waals surface area contributed by atoms with Crippen molar-refractivity contribution in [1.82, 2.24) is 5.32 Å². The third-order valence-electron chi connectivity index (χ3n) is 3.82. The molecule has 0 fully saturated rings. The van der Waals surface area contributed by atoms with Gasteiger partial charge in [-0.3, -0.25) is 4.79 Å².